The fourth-order valence-electron chi connectivity index (χ4n) is 1.48. The number of fused-ring (bicyclic) bond motifs is 1. The van der Waals surface area contributed by atoms with Gasteiger partial charge in [-0.25, -0.2) is 0 Å². The summed E-state index contributed by atoms with van der Waals surface area (Å²) in [6, 6.07) is 11.0. The Kier molecular flexibility index (Phi) is 2.80. The number of nitrogens with one attached hydrogen (secondary N) is 1. The molecule has 0 bridgehead atoms. The van der Waals surface area contributed by atoms with Crippen LogP contribution >= 0.6 is 23.2 Å². The molecule has 2 nitrogen and oxygen atoms in total. The van der Waals surface area contributed by atoms with E-state index in [4.69, 9.17) is 23.2 Å². The number of hydrogen-bond acceptors (Lipinski definition) is 1. The third-order valence-corrected chi connectivity index (χ3v) is 2.53. The van der Waals surface area contributed by atoms with E-state index in [1.54, 1.807) is 12.1 Å². The zero-order chi connectivity index (χ0) is 10.8. The highest BCUT2D eigenvalue weighted by molar-refractivity contribution is 6.66. The SMILES string of the molecule is O=C(Cl)Nc1ccc(Cl)c2ccccc12. The molecule has 0 aliphatic carbocycles. The van der Waals surface area contributed by atoms with E-state index in [0.717, 1.165) is 10.8 Å². The maximum Gasteiger partial charge on any atom is 0.318 e. The first-order valence-corrected chi connectivity index (χ1v) is 5.08. The third-order valence-electron chi connectivity index (χ3n) is 2.10. The van der Waals surface area contributed by atoms with Crippen molar-refractivity contribution in [2.24, 2.45) is 0 Å². The van der Waals surface area contributed by atoms with Crippen LogP contribution in [0.4, 0.5) is 10.5 Å². The lowest BCUT2D eigenvalue weighted by Crippen LogP contribution is -2.01. The Morgan fingerprint density at radius 3 is 2.40 bits per heavy atom. The molecule has 76 valence electrons. The lowest BCUT2D eigenvalue weighted by molar-refractivity contribution is 0.269. The summed E-state index contributed by atoms with van der Waals surface area (Å²) in [5.41, 5.74) is 0.662. The van der Waals surface area contributed by atoms with E-state index in [1.807, 2.05) is 24.3 Å². The molecule has 2 rings (SSSR count). The van der Waals surface area contributed by atoms with E-state index in [9.17, 15) is 4.79 Å². The van der Waals surface area contributed by atoms with Gasteiger partial charge >= 0.3 is 5.37 Å². The van der Waals surface area contributed by atoms with Crippen molar-refractivity contribution < 1.29 is 4.79 Å². The van der Waals surface area contributed by atoms with Gasteiger partial charge in [0.2, 0.25) is 0 Å². The first kappa shape index (κ1) is 10.3. The zero-order valence-corrected chi connectivity index (χ0v) is 9.14. The first-order chi connectivity index (χ1) is 7.18. The maximum atomic E-state index is 10.8. The summed E-state index contributed by atoms with van der Waals surface area (Å²) in [6.07, 6.45) is 0. The number of hydrogen-bond donors (Lipinski definition) is 1. The second-order valence-electron chi connectivity index (χ2n) is 3.04. The molecule has 4 heteroatoms. The molecule has 15 heavy (non-hydrogen) atoms. The standard InChI is InChI=1S/C11H7Cl2NO/c12-9-5-6-10(14-11(13)15)8-4-2-1-3-7(8)9/h1-6H,(H,14,15). The fourth-order valence-corrected chi connectivity index (χ4v) is 1.81. The third kappa shape index (κ3) is 2.06. The predicted molar refractivity (Wildman–Crippen MR) is 63.8 cm³/mol. The van der Waals surface area contributed by atoms with Gasteiger partial charge in [0.15, 0.2) is 0 Å². The highest BCUT2D eigenvalue weighted by Gasteiger charge is 2.05. The van der Waals surface area contributed by atoms with E-state index in [0.29, 0.717) is 10.7 Å². The van der Waals surface area contributed by atoms with Crippen molar-refractivity contribution in [3.8, 4) is 0 Å². The summed E-state index contributed by atoms with van der Waals surface area (Å²) >= 11 is 11.3. The minimum absolute atomic E-state index is 0.609. The molecule has 0 aromatic heterocycles. The molecular weight excluding hydrogens is 233 g/mol. The van der Waals surface area contributed by atoms with Crippen LogP contribution in [0, 0.1) is 0 Å². The van der Waals surface area contributed by atoms with Crippen LogP contribution in [0.5, 0.6) is 0 Å². The molecule has 0 saturated carbocycles. The Balaban J connectivity index is 2.66. The maximum absolute atomic E-state index is 10.8. The average Bonchev–Trinajstić information content (AvgIpc) is 2.22. The van der Waals surface area contributed by atoms with E-state index in [1.165, 1.54) is 0 Å². The Bertz CT molecular complexity index is 525. The molecule has 0 saturated heterocycles. The number of carbonyl (C=O) groups is 1. The second-order valence-corrected chi connectivity index (χ2v) is 3.79. The lowest BCUT2D eigenvalue weighted by atomic mass is 10.1. The molecule has 0 fully saturated rings. The molecular formula is C11H7Cl2NO. The Morgan fingerprint density at radius 1 is 1.07 bits per heavy atom. The Hall–Kier alpha value is -1.25. The van der Waals surface area contributed by atoms with Gasteiger partial charge in [-0.3, -0.25) is 4.79 Å². The smallest absolute Gasteiger partial charge is 0.312 e. The zero-order valence-electron chi connectivity index (χ0n) is 7.63. The number of anilines is 1. The molecule has 0 aliphatic rings. The highest BCUT2D eigenvalue weighted by Crippen LogP contribution is 2.29. The van der Waals surface area contributed by atoms with Crippen LogP contribution in [-0.2, 0) is 0 Å². The molecule has 0 aliphatic heterocycles. The van der Waals surface area contributed by atoms with E-state index in [-0.39, 0.29) is 0 Å². The quantitative estimate of drug-likeness (QED) is 0.585. The van der Waals surface area contributed by atoms with E-state index < -0.39 is 5.37 Å². The van der Waals surface area contributed by atoms with E-state index >= 15 is 0 Å². The summed E-state index contributed by atoms with van der Waals surface area (Å²) in [6.45, 7) is 0. The summed E-state index contributed by atoms with van der Waals surface area (Å²) in [5, 5.41) is 4.35. The van der Waals surface area contributed by atoms with Gasteiger partial charge in [-0.1, -0.05) is 35.9 Å². The molecule has 0 spiro atoms. The van der Waals surface area contributed by atoms with Gasteiger partial charge in [0.1, 0.15) is 0 Å². The molecule has 0 heterocycles. The average molecular weight is 240 g/mol. The molecule has 1 N–H and O–H groups in total. The molecule has 1 amide bonds. The van der Waals surface area contributed by atoms with Crippen molar-refractivity contribution in [2.75, 3.05) is 5.32 Å². The summed E-state index contributed by atoms with van der Waals surface area (Å²) in [5.74, 6) is 0. The van der Waals surface area contributed by atoms with Gasteiger partial charge in [0.25, 0.3) is 0 Å². The fraction of sp³-hybridized carbons (Fsp3) is 0. The van der Waals surface area contributed by atoms with Gasteiger partial charge in [-0.2, -0.15) is 0 Å². The van der Waals surface area contributed by atoms with Crippen LogP contribution < -0.4 is 5.32 Å². The normalized spacial score (nSPS) is 10.3. The minimum atomic E-state index is -0.609. The number of carbonyl (C=O) groups excluding carboxylic acids is 1. The van der Waals surface area contributed by atoms with Gasteiger partial charge in [-0.15, -0.1) is 0 Å². The second kappa shape index (κ2) is 4.09. The van der Waals surface area contributed by atoms with Gasteiger partial charge in [0.05, 0.1) is 0 Å². The van der Waals surface area contributed by atoms with Crippen molar-refractivity contribution in [1.29, 1.82) is 0 Å². The number of rotatable bonds is 1. The summed E-state index contributed by atoms with van der Waals surface area (Å²) in [4.78, 5) is 10.8. The highest BCUT2D eigenvalue weighted by atomic mass is 35.5. The van der Waals surface area contributed by atoms with Gasteiger partial charge in [-0.05, 0) is 23.7 Å². The van der Waals surface area contributed by atoms with Crippen molar-refractivity contribution >= 4 is 45.0 Å². The molecule has 2 aromatic carbocycles. The van der Waals surface area contributed by atoms with Crippen molar-refractivity contribution in [3.05, 3.63) is 41.4 Å². The molecule has 2 aromatic rings. The molecule has 0 atom stereocenters. The Labute approximate surface area is 96.8 Å². The number of halogens is 2. The van der Waals surface area contributed by atoms with E-state index in [2.05, 4.69) is 5.32 Å². The van der Waals surface area contributed by atoms with Crippen LogP contribution in [0.2, 0.25) is 5.02 Å². The lowest BCUT2D eigenvalue weighted by Gasteiger charge is -2.07. The van der Waals surface area contributed by atoms with Crippen molar-refractivity contribution in [3.63, 3.8) is 0 Å². The van der Waals surface area contributed by atoms with Crippen LogP contribution in [-0.4, -0.2) is 5.37 Å². The minimum Gasteiger partial charge on any atom is -0.312 e. The first-order valence-electron chi connectivity index (χ1n) is 4.32. The molecule has 0 radical (unpaired) electrons. The van der Waals surface area contributed by atoms with Crippen LogP contribution in [0.25, 0.3) is 10.8 Å². The predicted octanol–water partition coefficient (Wildman–Crippen LogP) is 4.26. The number of amides is 1. The van der Waals surface area contributed by atoms with Crippen LogP contribution in [0.1, 0.15) is 0 Å². The number of benzene rings is 2. The topological polar surface area (TPSA) is 29.1 Å². The van der Waals surface area contributed by atoms with Crippen molar-refractivity contribution in [2.45, 2.75) is 0 Å². The Morgan fingerprint density at radius 2 is 1.73 bits per heavy atom. The van der Waals surface area contributed by atoms with Crippen molar-refractivity contribution in [1.82, 2.24) is 0 Å². The monoisotopic (exact) mass is 239 g/mol. The van der Waals surface area contributed by atoms with Gasteiger partial charge < -0.3 is 5.32 Å². The molecule has 0 unspecified atom stereocenters. The summed E-state index contributed by atoms with van der Waals surface area (Å²) in [7, 11) is 0. The van der Waals surface area contributed by atoms with Crippen LogP contribution in [0.15, 0.2) is 36.4 Å². The van der Waals surface area contributed by atoms with Gasteiger partial charge in [0, 0.05) is 21.5 Å². The largest absolute Gasteiger partial charge is 0.318 e. The summed E-state index contributed by atoms with van der Waals surface area (Å²) < 4.78 is 0. The van der Waals surface area contributed by atoms with Crippen LogP contribution in [0.3, 0.4) is 0 Å².